The Bertz CT molecular complexity index is 1900. The average Bonchev–Trinajstić information content (AvgIpc) is 3.73. The Morgan fingerprint density at radius 1 is 0.932 bits per heavy atom. The van der Waals surface area contributed by atoms with Crippen molar-refractivity contribution in [3.05, 3.63) is 25.3 Å². The number of aliphatic hydroxyl groups is 1. The summed E-state index contributed by atoms with van der Waals surface area (Å²) < 4.78 is 86.4. The Kier molecular flexibility index (Phi) is 7.00. The number of rotatable bonds is 2. The van der Waals surface area contributed by atoms with Crippen molar-refractivity contribution in [1.29, 1.82) is 0 Å². The fourth-order valence-corrected chi connectivity index (χ4v) is 7.16. The van der Waals surface area contributed by atoms with E-state index in [9.17, 15) is 23.0 Å². The number of anilines is 2. The van der Waals surface area contributed by atoms with E-state index in [1.807, 2.05) is 0 Å². The fourth-order valence-electron chi connectivity index (χ4n) is 5.24. The minimum Gasteiger partial charge on any atom is -0.386 e. The summed E-state index contributed by atoms with van der Waals surface area (Å²) in [6.07, 6.45) is -8.51. The van der Waals surface area contributed by atoms with Gasteiger partial charge in [-0.05, 0) is 0 Å². The van der Waals surface area contributed by atoms with Crippen LogP contribution >= 0.6 is 7.82 Å². The minimum atomic E-state index is -5.03. The Morgan fingerprint density at radius 2 is 1.52 bits per heavy atom. The highest BCUT2D eigenvalue weighted by Crippen LogP contribution is 2.50. The number of ether oxygens (including phenoxy) is 2. The third-order valence-corrected chi connectivity index (χ3v) is 9.24. The number of nitrogens with one attached hydrogen (secondary N) is 1. The highest BCUT2D eigenvalue weighted by atomic mass is 32.2. The molecule has 0 radical (unpaired) electrons. The van der Waals surface area contributed by atoms with Crippen LogP contribution in [-0.4, -0.2) is 107 Å². The van der Waals surface area contributed by atoms with E-state index in [1.165, 1.54) is 10.9 Å². The van der Waals surface area contributed by atoms with Gasteiger partial charge in [0, 0.05) is 6.54 Å². The fraction of sp³-hybridized carbons (Fsp3) is 0.500. The van der Waals surface area contributed by atoms with E-state index in [0.717, 1.165) is 23.5 Å². The summed E-state index contributed by atoms with van der Waals surface area (Å²) in [4.78, 5) is 34.5. The van der Waals surface area contributed by atoms with Gasteiger partial charge in [0.05, 0.1) is 19.3 Å². The van der Waals surface area contributed by atoms with Crippen LogP contribution in [0.1, 0.15) is 12.5 Å². The third kappa shape index (κ3) is 4.95. The number of hydrogen-bond acceptors (Lipinski definition) is 17. The molecule has 9 atom stereocenters. The van der Waals surface area contributed by atoms with Crippen molar-refractivity contribution in [2.24, 2.45) is 0 Å². The number of aliphatic hydroxyl groups excluding tert-OH is 1. The number of nitrogens with zero attached hydrogens (tertiary/aromatic N) is 8. The van der Waals surface area contributed by atoms with E-state index in [0.29, 0.717) is 0 Å². The minimum absolute atomic E-state index is 0.00852. The zero-order valence-corrected chi connectivity index (χ0v) is 23.7. The van der Waals surface area contributed by atoms with Gasteiger partial charge in [-0.15, -0.1) is 0 Å². The molecule has 0 aromatic carbocycles. The topological polar surface area (TPSA) is 289 Å². The van der Waals surface area contributed by atoms with Gasteiger partial charge in [0.2, 0.25) is 0 Å². The van der Waals surface area contributed by atoms with E-state index in [-0.39, 0.29) is 34.0 Å². The van der Waals surface area contributed by atoms with Crippen LogP contribution in [0.4, 0.5) is 16.0 Å². The van der Waals surface area contributed by atoms with Gasteiger partial charge >= 0.3 is 18.1 Å². The molecule has 0 amide bonds. The number of imidazole rings is 2. The van der Waals surface area contributed by atoms with E-state index in [1.54, 1.807) is 0 Å². The number of nitrogen functional groups attached to an aromatic ring is 2. The molecule has 3 saturated heterocycles. The smallest absolute Gasteiger partial charge is 0.386 e. The number of phosphoric ester groups is 1. The largest absolute Gasteiger partial charge is 0.472 e. The number of aromatic nitrogens is 8. The molecule has 4 aromatic heterocycles. The Morgan fingerprint density at radius 3 is 2.16 bits per heavy atom. The van der Waals surface area contributed by atoms with Crippen LogP contribution in [-0.2, 0) is 37.6 Å². The second-order valence-electron chi connectivity index (χ2n) is 9.93. The second-order valence-corrected chi connectivity index (χ2v) is 12.7. The molecule has 236 valence electrons. The number of halogens is 1. The maximum Gasteiger partial charge on any atom is 0.472 e. The molecule has 7 heterocycles. The predicted molar refractivity (Wildman–Crippen MR) is 141 cm³/mol. The van der Waals surface area contributed by atoms with Crippen LogP contribution in [0.25, 0.3) is 22.3 Å². The highest BCUT2D eigenvalue weighted by molar-refractivity contribution is 7.84. The van der Waals surface area contributed by atoms with Gasteiger partial charge in [0.15, 0.2) is 41.6 Å². The number of alkyl halides is 1. The van der Waals surface area contributed by atoms with Crippen molar-refractivity contribution in [2.45, 2.75) is 49.1 Å². The molecule has 7 N–H and O–H groups in total. The molecule has 0 aliphatic carbocycles. The van der Waals surface area contributed by atoms with Gasteiger partial charge in [-0.1, -0.05) is 0 Å². The molecule has 24 heteroatoms. The Labute approximate surface area is 245 Å². The van der Waals surface area contributed by atoms with Crippen molar-refractivity contribution in [2.75, 3.05) is 24.6 Å². The monoisotopic (exact) mass is 659 g/mol. The molecule has 7 rings (SSSR count). The van der Waals surface area contributed by atoms with E-state index in [2.05, 4.69) is 34.6 Å². The molecule has 0 saturated carbocycles. The molecular weight excluding hydrogens is 636 g/mol. The molecule has 44 heavy (non-hydrogen) atoms. The quantitative estimate of drug-likeness (QED) is 0.146. The molecular formula is C20H23FN11O10PS. The van der Waals surface area contributed by atoms with Crippen LogP contribution in [0, 0.1) is 0 Å². The van der Waals surface area contributed by atoms with Gasteiger partial charge in [-0.3, -0.25) is 18.2 Å². The van der Waals surface area contributed by atoms with Crippen molar-refractivity contribution >= 4 is 52.1 Å². The Balaban J connectivity index is 1.17. The lowest BCUT2D eigenvalue weighted by Gasteiger charge is -2.26. The SMILES string of the molecule is Nc1ncnc2c1ncn2C1OC2CNS(=O)(=O)OC3C(COP(=O)(O)OC2C1O)OC(n1cnc2c(N)ncnc21)C3F. The lowest BCUT2D eigenvalue weighted by molar-refractivity contribution is -0.0502. The van der Waals surface area contributed by atoms with Gasteiger partial charge in [0.25, 0.3) is 0 Å². The number of hydrogen-bond donors (Lipinski definition) is 5. The summed E-state index contributed by atoms with van der Waals surface area (Å²) in [6.45, 7) is -1.51. The van der Waals surface area contributed by atoms with Gasteiger partial charge < -0.3 is 30.9 Å². The first kappa shape index (κ1) is 29.2. The first-order chi connectivity index (χ1) is 20.9. The molecule has 21 nitrogen and oxygen atoms in total. The maximum absolute atomic E-state index is 15.8. The second kappa shape index (κ2) is 10.5. The zero-order chi connectivity index (χ0) is 31.0. The molecule has 0 spiro atoms. The zero-order valence-electron chi connectivity index (χ0n) is 22.0. The molecule has 3 aliphatic heterocycles. The van der Waals surface area contributed by atoms with Crippen LogP contribution in [0.5, 0.6) is 0 Å². The summed E-state index contributed by atoms with van der Waals surface area (Å²) in [7, 11) is -9.77. The summed E-state index contributed by atoms with van der Waals surface area (Å²) in [5.41, 5.74) is 12.2. The van der Waals surface area contributed by atoms with Crippen molar-refractivity contribution in [3.8, 4) is 0 Å². The normalized spacial score (nSPS) is 36.1. The van der Waals surface area contributed by atoms with E-state index < -0.39 is 80.4 Å². The molecule has 3 fully saturated rings. The number of nitrogens with two attached hydrogens (primary N) is 2. The molecule has 0 bridgehead atoms. The van der Waals surface area contributed by atoms with Crippen molar-refractivity contribution < 1.29 is 50.1 Å². The van der Waals surface area contributed by atoms with Crippen LogP contribution < -0.4 is 16.2 Å². The van der Waals surface area contributed by atoms with Crippen molar-refractivity contribution in [3.63, 3.8) is 0 Å². The molecule has 4 aromatic rings. The van der Waals surface area contributed by atoms with E-state index >= 15 is 4.39 Å². The maximum atomic E-state index is 15.8. The standard InChI is InChI=1S/C20H23FN11O10PS/c21-9-13-8(40-19(9)31-5-28-10-15(22)24-3-26-17(10)31)2-38-43(34,35)41-14-7(1-30-44(36,37)42-13)39-20(12(14)33)32-6-29-11-16(23)25-4-27-18(11)32/h3-9,12-14,19-20,30,33H,1-2H2,(H,34,35)(H2,22,24,26)(H2,23,25,27). The third-order valence-electron chi connectivity index (χ3n) is 7.25. The van der Waals surface area contributed by atoms with Crippen LogP contribution in [0.2, 0.25) is 0 Å². The molecule has 3 aliphatic rings. The van der Waals surface area contributed by atoms with Crippen LogP contribution in [0.3, 0.4) is 0 Å². The highest BCUT2D eigenvalue weighted by Gasteiger charge is 2.53. The summed E-state index contributed by atoms with van der Waals surface area (Å²) in [6, 6.07) is 0. The van der Waals surface area contributed by atoms with Gasteiger partial charge in [-0.2, -0.15) is 13.1 Å². The van der Waals surface area contributed by atoms with E-state index in [4.69, 9.17) is 34.2 Å². The first-order valence-electron chi connectivity index (χ1n) is 12.7. The lowest BCUT2D eigenvalue weighted by atomic mass is 10.1. The Hall–Kier alpha value is -3.51. The number of phosphoric acid groups is 1. The van der Waals surface area contributed by atoms with Gasteiger partial charge in [0.1, 0.15) is 54.2 Å². The summed E-state index contributed by atoms with van der Waals surface area (Å²) >= 11 is 0. The van der Waals surface area contributed by atoms with Crippen LogP contribution in [0.15, 0.2) is 25.3 Å². The predicted octanol–water partition coefficient (Wildman–Crippen LogP) is -1.94. The van der Waals surface area contributed by atoms with Crippen molar-refractivity contribution in [1.82, 2.24) is 43.8 Å². The summed E-state index contributed by atoms with van der Waals surface area (Å²) in [5, 5.41) is 11.1. The lowest BCUT2D eigenvalue weighted by Crippen LogP contribution is -2.45. The summed E-state index contributed by atoms with van der Waals surface area (Å²) in [5.74, 6) is 0.0520. The first-order valence-corrected chi connectivity index (χ1v) is 15.7. The average molecular weight is 660 g/mol. The molecule has 9 unspecified atom stereocenters. The number of fused-ring (bicyclic) bond motifs is 4. The van der Waals surface area contributed by atoms with Gasteiger partial charge in [-0.25, -0.2) is 43.0 Å².